The lowest BCUT2D eigenvalue weighted by molar-refractivity contribution is 0.0592. The number of rotatable bonds is 7. The molecule has 0 bridgehead atoms. The Balaban J connectivity index is 1.98. The highest BCUT2D eigenvalue weighted by Gasteiger charge is 2.27. The lowest BCUT2D eigenvalue weighted by atomic mass is 10.1. The third-order valence-corrected chi connectivity index (χ3v) is 6.11. The maximum Gasteiger partial charge on any atom is 0.341 e. The van der Waals surface area contributed by atoms with Gasteiger partial charge in [-0.2, -0.15) is 0 Å². The second-order valence-corrected chi connectivity index (χ2v) is 7.92. The van der Waals surface area contributed by atoms with Gasteiger partial charge in [-0.25, -0.2) is 9.59 Å². The van der Waals surface area contributed by atoms with Crippen LogP contribution < -0.4 is 15.4 Å². The molecule has 0 spiro atoms. The van der Waals surface area contributed by atoms with Crippen molar-refractivity contribution < 1.29 is 33.4 Å². The normalized spacial score (nSPS) is 10.2. The van der Waals surface area contributed by atoms with Gasteiger partial charge in [-0.3, -0.25) is 9.59 Å². The number of carbonyl (C=O) groups excluding carboxylic acids is 4. The van der Waals surface area contributed by atoms with Gasteiger partial charge in [0.15, 0.2) is 0 Å². The Morgan fingerprint density at radius 2 is 1.38 bits per heavy atom. The lowest BCUT2D eigenvalue weighted by Crippen LogP contribution is -2.16. The number of thiophene rings is 1. The molecule has 3 rings (SSSR count). The van der Waals surface area contributed by atoms with Crippen molar-refractivity contribution in [3.8, 4) is 5.75 Å². The molecule has 1 aromatic heterocycles. The number of amides is 2. The van der Waals surface area contributed by atoms with Crippen LogP contribution in [0.4, 0.5) is 10.7 Å². The highest BCUT2D eigenvalue weighted by atomic mass is 32.1. The molecular weight excluding hydrogens is 460 g/mol. The molecule has 34 heavy (non-hydrogen) atoms. The number of para-hydroxylation sites is 2. The number of hydrogen-bond acceptors (Lipinski definition) is 8. The first-order valence-electron chi connectivity index (χ1n) is 9.97. The van der Waals surface area contributed by atoms with Crippen molar-refractivity contribution in [3.05, 3.63) is 75.7 Å². The highest BCUT2D eigenvalue weighted by Crippen LogP contribution is 2.35. The molecular formula is C24H22N2O7S. The Morgan fingerprint density at radius 3 is 2.03 bits per heavy atom. The Kier molecular flexibility index (Phi) is 7.64. The van der Waals surface area contributed by atoms with Crippen LogP contribution in [0.25, 0.3) is 0 Å². The van der Waals surface area contributed by atoms with Crippen molar-refractivity contribution in [2.45, 2.75) is 6.92 Å². The molecule has 2 aromatic carbocycles. The van der Waals surface area contributed by atoms with Gasteiger partial charge in [0.2, 0.25) is 0 Å². The molecule has 0 saturated heterocycles. The van der Waals surface area contributed by atoms with Crippen molar-refractivity contribution in [1.82, 2.24) is 0 Å². The first-order valence-corrected chi connectivity index (χ1v) is 10.8. The van der Waals surface area contributed by atoms with E-state index >= 15 is 0 Å². The quantitative estimate of drug-likeness (QED) is 0.486. The fraction of sp³-hybridized carbons (Fsp3) is 0.167. The van der Waals surface area contributed by atoms with E-state index in [-0.39, 0.29) is 32.3 Å². The summed E-state index contributed by atoms with van der Waals surface area (Å²) >= 11 is 0.912. The largest absolute Gasteiger partial charge is 0.496 e. The third-order valence-electron chi connectivity index (χ3n) is 4.90. The monoisotopic (exact) mass is 482 g/mol. The van der Waals surface area contributed by atoms with Crippen LogP contribution in [0.3, 0.4) is 0 Å². The van der Waals surface area contributed by atoms with E-state index in [1.54, 1.807) is 49.4 Å². The van der Waals surface area contributed by atoms with Crippen LogP contribution in [0.5, 0.6) is 5.75 Å². The fourth-order valence-electron chi connectivity index (χ4n) is 3.23. The Morgan fingerprint density at radius 1 is 0.765 bits per heavy atom. The number of hydrogen-bond donors (Lipinski definition) is 2. The zero-order chi connectivity index (χ0) is 24.8. The standard InChI is InChI=1S/C24H22N2O7S/c1-13-18(24(30)33-4)22(26-20(27)15-10-6-8-12-17(15)31-2)34-19(13)21(28)25-16-11-7-5-9-14(16)23(29)32-3/h5-12H,1-4H3,(H,25,28)(H,26,27). The van der Waals surface area contributed by atoms with E-state index in [2.05, 4.69) is 10.6 Å². The molecule has 0 saturated carbocycles. The Hall–Kier alpha value is -4.18. The maximum absolute atomic E-state index is 13.1. The van der Waals surface area contributed by atoms with E-state index in [1.165, 1.54) is 27.4 Å². The van der Waals surface area contributed by atoms with Crippen molar-refractivity contribution >= 4 is 45.8 Å². The average molecular weight is 483 g/mol. The molecule has 0 radical (unpaired) electrons. The van der Waals surface area contributed by atoms with Crippen molar-refractivity contribution in [2.24, 2.45) is 0 Å². The molecule has 0 aliphatic heterocycles. The van der Waals surface area contributed by atoms with Crippen molar-refractivity contribution in [3.63, 3.8) is 0 Å². The highest BCUT2D eigenvalue weighted by molar-refractivity contribution is 7.19. The summed E-state index contributed by atoms with van der Waals surface area (Å²) in [7, 11) is 3.89. The summed E-state index contributed by atoms with van der Waals surface area (Å²) < 4.78 is 14.8. The van der Waals surface area contributed by atoms with E-state index in [0.29, 0.717) is 11.3 Å². The minimum atomic E-state index is -0.710. The van der Waals surface area contributed by atoms with Gasteiger partial charge in [0, 0.05) is 0 Å². The molecule has 0 atom stereocenters. The number of carbonyl (C=O) groups is 4. The Bertz CT molecular complexity index is 1270. The molecule has 0 aliphatic rings. The number of benzene rings is 2. The zero-order valence-corrected chi connectivity index (χ0v) is 19.7. The topological polar surface area (TPSA) is 120 Å². The predicted molar refractivity (Wildman–Crippen MR) is 127 cm³/mol. The third kappa shape index (κ3) is 4.91. The molecule has 3 aromatic rings. The van der Waals surface area contributed by atoms with Crippen LogP contribution >= 0.6 is 11.3 Å². The number of esters is 2. The van der Waals surface area contributed by atoms with Gasteiger partial charge in [-0.1, -0.05) is 24.3 Å². The fourth-order valence-corrected chi connectivity index (χ4v) is 4.31. The van der Waals surface area contributed by atoms with Crippen LogP contribution in [0.1, 0.15) is 46.3 Å². The summed E-state index contributed by atoms with van der Waals surface area (Å²) in [6.45, 7) is 1.57. The molecule has 0 aliphatic carbocycles. The van der Waals surface area contributed by atoms with Crippen molar-refractivity contribution in [2.75, 3.05) is 32.0 Å². The minimum Gasteiger partial charge on any atom is -0.496 e. The minimum absolute atomic E-state index is 0.0575. The summed E-state index contributed by atoms with van der Waals surface area (Å²) in [5.41, 5.74) is 1.05. The summed E-state index contributed by atoms with van der Waals surface area (Å²) in [5.74, 6) is -2.06. The first-order chi connectivity index (χ1) is 16.3. The summed E-state index contributed by atoms with van der Waals surface area (Å²) in [6.07, 6.45) is 0. The van der Waals surface area contributed by atoms with Gasteiger partial charge in [-0.15, -0.1) is 11.3 Å². The first kappa shape index (κ1) is 24.5. The molecule has 2 N–H and O–H groups in total. The number of nitrogens with one attached hydrogen (secondary N) is 2. The van der Waals surface area contributed by atoms with Gasteiger partial charge in [0.05, 0.1) is 48.6 Å². The van der Waals surface area contributed by atoms with Crippen molar-refractivity contribution in [1.29, 1.82) is 0 Å². The van der Waals surface area contributed by atoms with E-state index in [9.17, 15) is 19.2 Å². The van der Waals surface area contributed by atoms with Crippen LogP contribution in [0.15, 0.2) is 48.5 Å². The van der Waals surface area contributed by atoms with E-state index in [0.717, 1.165) is 11.3 Å². The molecule has 10 heteroatoms. The average Bonchev–Trinajstić information content (AvgIpc) is 3.18. The predicted octanol–water partition coefficient (Wildman–Crippen LogP) is 4.14. The Labute approximate surface area is 199 Å². The molecule has 0 unspecified atom stereocenters. The molecule has 2 amide bonds. The molecule has 9 nitrogen and oxygen atoms in total. The van der Waals surface area contributed by atoms with Crippen LogP contribution in [0.2, 0.25) is 0 Å². The number of methoxy groups -OCH3 is 3. The van der Waals surface area contributed by atoms with Gasteiger partial charge in [0.1, 0.15) is 10.8 Å². The zero-order valence-electron chi connectivity index (χ0n) is 18.9. The number of anilines is 2. The van der Waals surface area contributed by atoms with Crippen LogP contribution in [0, 0.1) is 6.92 Å². The summed E-state index contributed by atoms with van der Waals surface area (Å²) in [6, 6.07) is 13.0. The molecule has 1 heterocycles. The second kappa shape index (κ2) is 10.6. The SMILES string of the molecule is COC(=O)c1ccccc1NC(=O)c1sc(NC(=O)c2ccccc2OC)c(C(=O)OC)c1C. The second-order valence-electron chi connectivity index (χ2n) is 6.90. The number of ether oxygens (including phenoxy) is 3. The smallest absolute Gasteiger partial charge is 0.341 e. The van der Waals surface area contributed by atoms with Gasteiger partial charge >= 0.3 is 11.9 Å². The van der Waals surface area contributed by atoms with Gasteiger partial charge in [-0.05, 0) is 36.8 Å². The molecule has 176 valence electrons. The molecule has 0 fully saturated rings. The van der Waals surface area contributed by atoms with Gasteiger partial charge in [0.25, 0.3) is 11.8 Å². The van der Waals surface area contributed by atoms with Crippen LogP contribution in [-0.2, 0) is 9.47 Å². The summed E-state index contributed by atoms with van der Waals surface area (Å²) in [4.78, 5) is 50.7. The van der Waals surface area contributed by atoms with E-state index < -0.39 is 23.8 Å². The lowest BCUT2D eigenvalue weighted by Gasteiger charge is -2.09. The maximum atomic E-state index is 13.1. The summed E-state index contributed by atoms with van der Waals surface area (Å²) in [5, 5.41) is 5.49. The van der Waals surface area contributed by atoms with E-state index in [4.69, 9.17) is 14.2 Å². The van der Waals surface area contributed by atoms with E-state index in [1.807, 2.05) is 0 Å². The van der Waals surface area contributed by atoms with Crippen LogP contribution in [-0.4, -0.2) is 45.1 Å². The van der Waals surface area contributed by atoms with Gasteiger partial charge < -0.3 is 24.8 Å².